The molecule has 1 saturated heterocycles. The predicted molar refractivity (Wildman–Crippen MR) is 92.0 cm³/mol. The average molecular weight is 344 g/mol. The number of piperazine rings is 1. The van der Waals surface area contributed by atoms with Crippen molar-refractivity contribution in [2.75, 3.05) is 31.1 Å². The number of nitrogens with zero attached hydrogens (tertiary/aromatic N) is 3. The summed E-state index contributed by atoms with van der Waals surface area (Å²) in [6, 6.07) is 18.8. The minimum Gasteiger partial charge on any atom is -0.368 e. The molecule has 0 radical (unpaired) electrons. The molecule has 2 aromatic carbocycles. The van der Waals surface area contributed by atoms with Crippen LogP contribution in [0, 0.1) is 0 Å². The van der Waals surface area contributed by atoms with Crippen LogP contribution in [0.15, 0.2) is 64.2 Å². The summed E-state index contributed by atoms with van der Waals surface area (Å²) in [4.78, 5) is 2.41. The number of rotatable bonds is 3. The van der Waals surface area contributed by atoms with Crippen LogP contribution in [0.1, 0.15) is 5.56 Å². The Morgan fingerprint density at radius 3 is 2.19 bits per heavy atom. The fraction of sp³-hybridized carbons (Fsp3) is 0.235. The molecule has 0 atom stereocenters. The average Bonchev–Trinajstić information content (AvgIpc) is 2.56. The Morgan fingerprint density at radius 1 is 0.857 bits per heavy atom. The molecule has 21 heavy (non-hydrogen) atoms. The van der Waals surface area contributed by atoms with E-state index in [1.165, 1.54) is 5.69 Å². The number of hydrogen-bond donors (Lipinski definition) is 0. The van der Waals surface area contributed by atoms with Gasteiger partial charge in [0.25, 0.3) is 0 Å². The second-order valence-electron chi connectivity index (χ2n) is 5.07. The molecule has 3 rings (SSSR count). The molecule has 1 aliphatic rings. The number of benzene rings is 2. The highest BCUT2D eigenvalue weighted by molar-refractivity contribution is 9.10. The maximum atomic E-state index is 4.58. The van der Waals surface area contributed by atoms with Gasteiger partial charge in [-0.3, -0.25) is 5.01 Å². The summed E-state index contributed by atoms with van der Waals surface area (Å²) in [7, 11) is 0. The molecule has 0 aliphatic carbocycles. The lowest BCUT2D eigenvalue weighted by atomic mass is 10.2. The van der Waals surface area contributed by atoms with Gasteiger partial charge in [0.15, 0.2) is 0 Å². The monoisotopic (exact) mass is 343 g/mol. The fourth-order valence-electron chi connectivity index (χ4n) is 2.41. The Balaban J connectivity index is 1.55. The molecule has 1 fully saturated rings. The quantitative estimate of drug-likeness (QED) is 0.793. The first kappa shape index (κ1) is 14.1. The summed E-state index contributed by atoms with van der Waals surface area (Å²) in [5.74, 6) is 0. The topological polar surface area (TPSA) is 18.8 Å². The lowest BCUT2D eigenvalue weighted by molar-refractivity contribution is 0.272. The first-order valence-corrected chi connectivity index (χ1v) is 7.95. The largest absolute Gasteiger partial charge is 0.368 e. The van der Waals surface area contributed by atoms with Gasteiger partial charge < -0.3 is 4.90 Å². The maximum absolute atomic E-state index is 4.58. The molecule has 0 unspecified atom stereocenters. The van der Waals surface area contributed by atoms with Crippen molar-refractivity contribution in [3.05, 3.63) is 64.6 Å². The van der Waals surface area contributed by atoms with Crippen molar-refractivity contribution in [3.63, 3.8) is 0 Å². The third-order valence-corrected chi connectivity index (χ3v) is 4.15. The second-order valence-corrected chi connectivity index (χ2v) is 5.99. The Labute approximate surface area is 134 Å². The maximum Gasteiger partial charge on any atom is 0.0542 e. The molecule has 0 saturated carbocycles. The first-order chi connectivity index (χ1) is 10.3. The van der Waals surface area contributed by atoms with E-state index < -0.39 is 0 Å². The van der Waals surface area contributed by atoms with Gasteiger partial charge >= 0.3 is 0 Å². The zero-order valence-corrected chi connectivity index (χ0v) is 13.4. The SMILES string of the molecule is Brc1ccc(C=NN2CCN(c3ccccc3)CC2)cc1. The van der Waals surface area contributed by atoms with Crippen molar-refractivity contribution in [3.8, 4) is 0 Å². The molecule has 4 heteroatoms. The first-order valence-electron chi connectivity index (χ1n) is 7.16. The number of halogens is 1. The minimum absolute atomic E-state index is 0.960. The van der Waals surface area contributed by atoms with Crippen LogP contribution in [-0.2, 0) is 0 Å². The zero-order valence-electron chi connectivity index (χ0n) is 11.8. The summed E-state index contributed by atoms with van der Waals surface area (Å²) in [6.45, 7) is 3.95. The highest BCUT2D eigenvalue weighted by Crippen LogP contribution is 2.15. The van der Waals surface area contributed by atoms with E-state index in [4.69, 9.17) is 0 Å². The van der Waals surface area contributed by atoms with Crippen LogP contribution in [0.5, 0.6) is 0 Å². The fourth-order valence-corrected chi connectivity index (χ4v) is 2.67. The lowest BCUT2D eigenvalue weighted by Crippen LogP contribution is -2.44. The Morgan fingerprint density at radius 2 is 1.52 bits per heavy atom. The van der Waals surface area contributed by atoms with Crippen LogP contribution in [0.2, 0.25) is 0 Å². The van der Waals surface area contributed by atoms with Crippen LogP contribution in [-0.4, -0.2) is 37.4 Å². The molecule has 1 heterocycles. The van der Waals surface area contributed by atoms with Crippen LogP contribution in [0.4, 0.5) is 5.69 Å². The number of para-hydroxylation sites is 1. The molecule has 0 aromatic heterocycles. The summed E-state index contributed by atoms with van der Waals surface area (Å²) in [5.41, 5.74) is 2.43. The minimum atomic E-state index is 0.960. The van der Waals surface area contributed by atoms with Crippen molar-refractivity contribution < 1.29 is 0 Å². The van der Waals surface area contributed by atoms with Gasteiger partial charge in [-0.15, -0.1) is 0 Å². The number of hydrazone groups is 1. The Kier molecular flexibility index (Phi) is 4.55. The van der Waals surface area contributed by atoms with Gasteiger partial charge in [-0.2, -0.15) is 5.10 Å². The van der Waals surface area contributed by atoms with Crippen molar-refractivity contribution in [2.45, 2.75) is 0 Å². The standard InChI is InChI=1S/C17H18BrN3/c18-16-8-6-15(7-9-16)14-19-21-12-10-20(11-13-21)17-4-2-1-3-5-17/h1-9,14H,10-13H2. The van der Waals surface area contributed by atoms with E-state index in [0.717, 1.165) is 36.2 Å². The van der Waals surface area contributed by atoms with Crippen LogP contribution < -0.4 is 4.90 Å². The third-order valence-electron chi connectivity index (χ3n) is 3.62. The highest BCUT2D eigenvalue weighted by atomic mass is 79.9. The summed E-state index contributed by atoms with van der Waals surface area (Å²) in [5, 5.41) is 6.72. The molecular weight excluding hydrogens is 326 g/mol. The smallest absolute Gasteiger partial charge is 0.0542 e. The van der Waals surface area contributed by atoms with Crippen molar-refractivity contribution in [2.24, 2.45) is 5.10 Å². The summed E-state index contributed by atoms with van der Waals surface area (Å²) in [6.07, 6.45) is 1.94. The van der Waals surface area contributed by atoms with Gasteiger partial charge in [0.05, 0.1) is 19.3 Å². The molecule has 0 N–H and O–H groups in total. The van der Waals surface area contributed by atoms with Crippen LogP contribution in [0.25, 0.3) is 0 Å². The van der Waals surface area contributed by atoms with Gasteiger partial charge in [0.2, 0.25) is 0 Å². The van der Waals surface area contributed by atoms with Gasteiger partial charge in [-0.25, -0.2) is 0 Å². The highest BCUT2D eigenvalue weighted by Gasteiger charge is 2.15. The Hall–Kier alpha value is -1.81. The molecule has 2 aromatic rings. The molecule has 3 nitrogen and oxygen atoms in total. The zero-order chi connectivity index (χ0) is 14.5. The number of anilines is 1. The lowest BCUT2D eigenvalue weighted by Gasteiger charge is -2.34. The number of hydrogen-bond acceptors (Lipinski definition) is 3. The third kappa shape index (κ3) is 3.85. The van der Waals surface area contributed by atoms with E-state index in [9.17, 15) is 0 Å². The Bertz CT molecular complexity index is 587. The van der Waals surface area contributed by atoms with E-state index >= 15 is 0 Å². The molecule has 0 spiro atoms. The van der Waals surface area contributed by atoms with Crippen molar-refractivity contribution >= 4 is 27.8 Å². The molecule has 0 amide bonds. The molecular formula is C17H18BrN3. The predicted octanol–water partition coefficient (Wildman–Crippen LogP) is 3.61. The van der Waals surface area contributed by atoms with E-state index in [-0.39, 0.29) is 0 Å². The summed E-state index contributed by atoms with van der Waals surface area (Å²) < 4.78 is 1.09. The molecule has 0 bridgehead atoms. The second kappa shape index (κ2) is 6.76. The van der Waals surface area contributed by atoms with E-state index in [1.54, 1.807) is 0 Å². The van der Waals surface area contributed by atoms with E-state index in [2.05, 4.69) is 73.4 Å². The van der Waals surface area contributed by atoms with Gasteiger partial charge in [0.1, 0.15) is 0 Å². The normalized spacial score (nSPS) is 15.7. The van der Waals surface area contributed by atoms with Crippen LogP contribution in [0.3, 0.4) is 0 Å². The van der Waals surface area contributed by atoms with Crippen molar-refractivity contribution in [1.29, 1.82) is 0 Å². The van der Waals surface area contributed by atoms with Gasteiger partial charge in [0, 0.05) is 23.2 Å². The molecule has 1 aliphatic heterocycles. The van der Waals surface area contributed by atoms with Crippen LogP contribution >= 0.6 is 15.9 Å². The van der Waals surface area contributed by atoms with Crippen molar-refractivity contribution in [1.82, 2.24) is 5.01 Å². The van der Waals surface area contributed by atoms with E-state index in [1.807, 2.05) is 18.3 Å². The molecule has 108 valence electrons. The van der Waals surface area contributed by atoms with Gasteiger partial charge in [-0.1, -0.05) is 46.3 Å². The van der Waals surface area contributed by atoms with Gasteiger partial charge in [-0.05, 0) is 29.8 Å². The van der Waals surface area contributed by atoms with E-state index in [0.29, 0.717) is 0 Å². The summed E-state index contributed by atoms with van der Waals surface area (Å²) >= 11 is 3.44.